The van der Waals surface area contributed by atoms with E-state index in [1.165, 1.54) is 13.2 Å². The molecule has 0 amide bonds. The Labute approximate surface area is 122 Å². The number of esters is 1. The Kier molecular flexibility index (Phi) is 4.77. The zero-order valence-corrected chi connectivity index (χ0v) is 11.9. The molecule has 1 aromatic carbocycles. The van der Waals surface area contributed by atoms with Crippen LogP contribution in [0.25, 0.3) is 0 Å². The van der Waals surface area contributed by atoms with Crippen molar-refractivity contribution in [3.05, 3.63) is 63.7 Å². The van der Waals surface area contributed by atoms with E-state index in [0.29, 0.717) is 12.2 Å². The molecule has 1 heterocycles. The van der Waals surface area contributed by atoms with Gasteiger partial charge in [-0.25, -0.2) is 4.79 Å². The Morgan fingerprint density at radius 3 is 2.57 bits per heavy atom. The lowest BCUT2D eigenvalue weighted by Crippen LogP contribution is -2.15. The van der Waals surface area contributed by atoms with Crippen LogP contribution in [-0.2, 0) is 17.8 Å². The summed E-state index contributed by atoms with van der Waals surface area (Å²) < 4.78 is 15.5. The van der Waals surface area contributed by atoms with Crippen LogP contribution in [-0.4, -0.2) is 13.1 Å². The van der Waals surface area contributed by atoms with Gasteiger partial charge in [-0.1, -0.05) is 37.3 Å². The maximum Gasteiger partial charge on any atom is 0.378 e. The molecule has 0 aliphatic carbocycles. The Morgan fingerprint density at radius 2 is 1.95 bits per heavy atom. The molecular formula is C16H16O5. The quantitative estimate of drug-likeness (QED) is 0.791. The summed E-state index contributed by atoms with van der Waals surface area (Å²) in [6.45, 7) is 1.99. The zero-order valence-electron chi connectivity index (χ0n) is 11.9. The highest BCUT2D eigenvalue weighted by Crippen LogP contribution is 2.18. The summed E-state index contributed by atoms with van der Waals surface area (Å²) in [5.41, 5.74) is 0.488. The maximum absolute atomic E-state index is 12.1. The fraction of sp³-hybridized carbons (Fsp3) is 0.250. The van der Waals surface area contributed by atoms with E-state index < -0.39 is 11.4 Å². The van der Waals surface area contributed by atoms with Gasteiger partial charge in [-0.2, -0.15) is 0 Å². The molecule has 0 saturated heterocycles. The molecule has 0 bridgehead atoms. The van der Waals surface area contributed by atoms with E-state index in [0.717, 1.165) is 5.56 Å². The lowest BCUT2D eigenvalue weighted by atomic mass is 10.2. The van der Waals surface area contributed by atoms with Crippen molar-refractivity contribution in [2.24, 2.45) is 0 Å². The van der Waals surface area contributed by atoms with Crippen LogP contribution in [0.2, 0.25) is 0 Å². The smallest absolute Gasteiger partial charge is 0.378 e. The minimum Gasteiger partial charge on any atom is -0.481 e. The van der Waals surface area contributed by atoms with Crippen LogP contribution in [0.1, 0.15) is 28.8 Å². The van der Waals surface area contributed by atoms with Gasteiger partial charge in [-0.15, -0.1) is 0 Å². The number of carbonyl (C=O) groups is 1. The van der Waals surface area contributed by atoms with Crippen molar-refractivity contribution in [1.29, 1.82) is 0 Å². The second-order valence-corrected chi connectivity index (χ2v) is 4.35. The zero-order chi connectivity index (χ0) is 15.2. The Hall–Kier alpha value is -2.56. The first-order valence-corrected chi connectivity index (χ1v) is 6.57. The highest BCUT2D eigenvalue weighted by Gasteiger charge is 2.21. The van der Waals surface area contributed by atoms with Gasteiger partial charge in [0, 0.05) is 12.5 Å². The predicted molar refractivity (Wildman–Crippen MR) is 76.5 cm³/mol. The van der Waals surface area contributed by atoms with Gasteiger partial charge in [0.25, 0.3) is 5.76 Å². The molecule has 0 unspecified atom stereocenters. The van der Waals surface area contributed by atoms with E-state index in [4.69, 9.17) is 9.15 Å². The van der Waals surface area contributed by atoms with Crippen LogP contribution in [0.15, 0.2) is 45.6 Å². The van der Waals surface area contributed by atoms with Crippen LogP contribution in [0.4, 0.5) is 0 Å². The molecule has 0 aliphatic rings. The van der Waals surface area contributed by atoms with Crippen LogP contribution in [0.3, 0.4) is 0 Å². The Morgan fingerprint density at radius 1 is 1.24 bits per heavy atom. The van der Waals surface area contributed by atoms with Gasteiger partial charge in [0.2, 0.25) is 11.2 Å². The number of rotatable bonds is 5. The van der Waals surface area contributed by atoms with E-state index in [9.17, 15) is 9.59 Å². The number of benzene rings is 1. The topological polar surface area (TPSA) is 65.7 Å². The molecule has 110 valence electrons. The van der Waals surface area contributed by atoms with Crippen LogP contribution < -0.4 is 10.2 Å². The fourth-order valence-corrected chi connectivity index (χ4v) is 1.80. The van der Waals surface area contributed by atoms with E-state index in [1.54, 1.807) is 0 Å². The second-order valence-electron chi connectivity index (χ2n) is 4.35. The van der Waals surface area contributed by atoms with Crippen molar-refractivity contribution in [3.63, 3.8) is 0 Å². The molecule has 5 nitrogen and oxygen atoms in total. The molecule has 0 saturated carbocycles. The number of aryl methyl sites for hydroxylation is 1. The predicted octanol–water partition coefficient (Wildman–Crippen LogP) is 2.57. The van der Waals surface area contributed by atoms with E-state index in [2.05, 4.69) is 4.74 Å². The van der Waals surface area contributed by atoms with E-state index in [1.807, 2.05) is 37.3 Å². The Balaban J connectivity index is 2.33. The SMILES string of the molecule is CCc1cc(=O)c(OCc2ccccc2)c(C(=O)OC)o1. The Bertz CT molecular complexity index is 673. The molecule has 1 aromatic heterocycles. The fourth-order valence-electron chi connectivity index (χ4n) is 1.80. The normalized spacial score (nSPS) is 10.2. The maximum atomic E-state index is 12.1. The van der Waals surface area contributed by atoms with Crippen molar-refractivity contribution in [3.8, 4) is 5.75 Å². The van der Waals surface area contributed by atoms with Crippen LogP contribution >= 0.6 is 0 Å². The van der Waals surface area contributed by atoms with Gasteiger partial charge in [0.05, 0.1) is 7.11 Å². The molecule has 0 spiro atoms. The molecule has 0 aliphatic heterocycles. The summed E-state index contributed by atoms with van der Waals surface area (Å²) in [5.74, 6) is -0.640. The lowest BCUT2D eigenvalue weighted by Gasteiger charge is -2.09. The molecule has 0 atom stereocenters. The van der Waals surface area contributed by atoms with Crippen molar-refractivity contribution in [2.75, 3.05) is 7.11 Å². The van der Waals surface area contributed by atoms with Gasteiger partial charge in [-0.3, -0.25) is 4.79 Å². The third kappa shape index (κ3) is 3.51. The number of methoxy groups -OCH3 is 1. The second kappa shape index (κ2) is 6.74. The summed E-state index contributed by atoms with van der Waals surface area (Å²) in [5, 5.41) is 0. The van der Waals surface area contributed by atoms with Gasteiger partial charge >= 0.3 is 5.97 Å². The van der Waals surface area contributed by atoms with Crippen LogP contribution in [0.5, 0.6) is 5.75 Å². The first kappa shape index (κ1) is 14.8. The molecule has 5 heteroatoms. The van der Waals surface area contributed by atoms with Crippen LogP contribution in [0, 0.1) is 0 Å². The standard InChI is InChI=1S/C16H16O5/c1-3-12-9-13(17)14(15(21-12)16(18)19-2)20-10-11-7-5-4-6-8-11/h4-9H,3,10H2,1-2H3. The minimum absolute atomic E-state index is 0.122. The highest BCUT2D eigenvalue weighted by molar-refractivity contribution is 5.89. The molecule has 2 rings (SSSR count). The van der Waals surface area contributed by atoms with E-state index in [-0.39, 0.29) is 18.1 Å². The molecule has 0 radical (unpaired) electrons. The van der Waals surface area contributed by atoms with Gasteiger partial charge in [0.15, 0.2) is 0 Å². The van der Waals surface area contributed by atoms with Gasteiger partial charge in [0.1, 0.15) is 12.4 Å². The number of carbonyl (C=O) groups excluding carboxylic acids is 1. The van der Waals surface area contributed by atoms with Gasteiger partial charge < -0.3 is 13.9 Å². The van der Waals surface area contributed by atoms with Gasteiger partial charge in [-0.05, 0) is 5.56 Å². The molecule has 2 aromatic rings. The summed E-state index contributed by atoms with van der Waals surface area (Å²) >= 11 is 0. The third-order valence-corrected chi connectivity index (χ3v) is 2.90. The van der Waals surface area contributed by atoms with Crippen molar-refractivity contribution >= 4 is 5.97 Å². The lowest BCUT2D eigenvalue weighted by molar-refractivity contribution is 0.0550. The number of ether oxygens (including phenoxy) is 2. The van der Waals surface area contributed by atoms with E-state index >= 15 is 0 Å². The molecule has 21 heavy (non-hydrogen) atoms. The summed E-state index contributed by atoms with van der Waals surface area (Å²) in [4.78, 5) is 23.8. The molecular weight excluding hydrogens is 272 g/mol. The minimum atomic E-state index is -0.731. The van der Waals surface area contributed by atoms with Crippen molar-refractivity contribution < 1.29 is 18.7 Å². The van der Waals surface area contributed by atoms with Crippen molar-refractivity contribution in [2.45, 2.75) is 20.0 Å². The molecule has 0 fully saturated rings. The summed E-state index contributed by atoms with van der Waals surface area (Å²) in [6, 6.07) is 10.7. The van der Waals surface area contributed by atoms with Crippen molar-refractivity contribution in [1.82, 2.24) is 0 Å². The number of hydrogen-bond acceptors (Lipinski definition) is 5. The summed E-state index contributed by atoms with van der Waals surface area (Å²) in [6.07, 6.45) is 0.498. The monoisotopic (exact) mass is 288 g/mol. The summed E-state index contributed by atoms with van der Waals surface area (Å²) in [7, 11) is 1.22. The number of hydrogen-bond donors (Lipinski definition) is 0. The largest absolute Gasteiger partial charge is 0.481 e. The average molecular weight is 288 g/mol. The average Bonchev–Trinajstić information content (AvgIpc) is 2.53. The third-order valence-electron chi connectivity index (χ3n) is 2.90. The molecule has 0 N–H and O–H groups in total. The first-order valence-electron chi connectivity index (χ1n) is 6.57. The highest BCUT2D eigenvalue weighted by atomic mass is 16.5. The first-order chi connectivity index (χ1) is 10.2.